The van der Waals surface area contributed by atoms with Crippen LogP contribution in [-0.2, 0) is 20.8 Å². The highest BCUT2D eigenvalue weighted by molar-refractivity contribution is 7.90. The Hall–Kier alpha value is -0.450. The van der Waals surface area contributed by atoms with E-state index in [0.29, 0.717) is 6.42 Å². The first-order valence-corrected chi connectivity index (χ1v) is 8.22. The van der Waals surface area contributed by atoms with E-state index in [9.17, 15) is 12.6 Å². The van der Waals surface area contributed by atoms with Crippen molar-refractivity contribution >= 4 is 20.8 Å². The monoisotopic (exact) mass is 266 g/mol. The van der Waals surface area contributed by atoms with Crippen LogP contribution >= 0.6 is 0 Å². The van der Waals surface area contributed by atoms with Gasteiger partial charge in [-0.3, -0.25) is 4.21 Å². The van der Waals surface area contributed by atoms with Gasteiger partial charge in [0.1, 0.15) is 0 Å². The van der Waals surface area contributed by atoms with Crippen LogP contribution in [0.4, 0.5) is 0 Å². The number of nitriles is 1. The minimum atomic E-state index is -3.55. The zero-order chi connectivity index (χ0) is 12.8. The summed E-state index contributed by atoms with van der Waals surface area (Å²) in [5.74, 6) is 0. The molecule has 1 N–H and O–H groups in total. The SMILES string of the molecule is CCC(C#N)S(=O)(=O)NCCC(C)S(C)=O. The summed E-state index contributed by atoms with van der Waals surface area (Å²) in [6.07, 6.45) is 2.36. The highest BCUT2D eigenvalue weighted by Gasteiger charge is 2.22. The molecule has 0 rings (SSSR count). The minimum absolute atomic E-state index is 0.0511. The van der Waals surface area contributed by atoms with Gasteiger partial charge >= 0.3 is 0 Å². The van der Waals surface area contributed by atoms with Gasteiger partial charge in [-0.05, 0) is 12.8 Å². The van der Waals surface area contributed by atoms with E-state index >= 15 is 0 Å². The van der Waals surface area contributed by atoms with Crippen molar-refractivity contribution in [3.8, 4) is 6.07 Å². The lowest BCUT2D eigenvalue weighted by atomic mass is 10.3. The zero-order valence-electron chi connectivity index (χ0n) is 9.76. The predicted molar refractivity (Wildman–Crippen MR) is 64.8 cm³/mol. The predicted octanol–water partition coefficient (Wildman–Crippen LogP) is 0.365. The van der Waals surface area contributed by atoms with Gasteiger partial charge in [-0.2, -0.15) is 5.26 Å². The van der Waals surface area contributed by atoms with E-state index in [1.165, 1.54) is 0 Å². The summed E-state index contributed by atoms with van der Waals surface area (Å²) in [4.78, 5) is 0. The van der Waals surface area contributed by atoms with Gasteiger partial charge in [0.2, 0.25) is 10.0 Å². The van der Waals surface area contributed by atoms with Crippen molar-refractivity contribution in [1.82, 2.24) is 4.72 Å². The van der Waals surface area contributed by atoms with E-state index < -0.39 is 26.1 Å². The number of nitrogens with one attached hydrogen (secondary N) is 1. The maximum absolute atomic E-state index is 11.5. The zero-order valence-corrected chi connectivity index (χ0v) is 11.4. The molecule has 0 amide bonds. The number of nitrogens with zero attached hydrogens (tertiary/aromatic N) is 1. The molecule has 0 aromatic heterocycles. The fraction of sp³-hybridized carbons (Fsp3) is 0.889. The topological polar surface area (TPSA) is 87.0 Å². The Kier molecular flexibility index (Phi) is 6.79. The fourth-order valence-corrected chi connectivity index (χ4v) is 2.68. The molecule has 0 saturated carbocycles. The van der Waals surface area contributed by atoms with Crippen LogP contribution in [0.25, 0.3) is 0 Å². The summed E-state index contributed by atoms with van der Waals surface area (Å²) in [5.41, 5.74) is 0. The lowest BCUT2D eigenvalue weighted by Gasteiger charge is -2.12. The lowest BCUT2D eigenvalue weighted by Crippen LogP contribution is -2.35. The van der Waals surface area contributed by atoms with Gasteiger partial charge in [0.15, 0.2) is 5.25 Å². The summed E-state index contributed by atoms with van der Waals surface area (Å²) < 4.78 is 36.5. The third kappa shape index (κ3) is 5.05. The molecule has 94 valence electrons. The van der Waals surface area contributed by atoms with Gasteiger partial charge in [0.05, 0.1) is 6.07 Å². The highest BCUT2D eigenvalue weighted by Crippen LogP contribution is 2.04. The largest absolute Gasteiger partial charge is 0.260 e. The molecule has 0 radical (unpaired) electrons. The van der Waals surface area contributed by atoms with Crippen molar-refractivity contribution in [2.75, 3.05) is 12.8 Å². The second-order valence-electron chi connectivity index (χ2n) is 3.56. The number of hydrogen-bond acceptors (Lipinski definition) is 4. The first kappa shape index (κ1) is 15.6. The van der Waals surface area contributed by atoms with Crippen LogP contribution in [0.2, 0.25) is 0 Å². The van der Waals surface area contributed by atoms with E-state index in [1.54, 1.807) is 26.2 Å². The Morgan fingerprint density at radius 2 is 2.06 bits per heavy atom. The van der Waals surface area contributed by atoms with Gasteiger partial charge in [-0.1, -0.05) is 13.8 Å². The van der Waals surface area contributed by atoms with Crippen LogP contribution in [0.3, 0.4) is 0 Å². The molecular formula is C9H18N2O3S2. The molecule has 0 saturated heterocycles. The maximum atomic E-state index is 11.5. The molecule has 0 aromatic carbocycles. The standard InChI is InChI=1S/C9H18N2O3S2/c1-4-9(7-10)16(13,14)11-6-5-8(2)15(3)12/h8-9,11H,4-6H2,1-3H3. The van der Waals surface area contributed by atoms with Crippen molar-refractivity contribution in [3.63, 3.8) is 0 Å². The Bertz CT molecular complexity index is 373. The van der Waals surface area contributed by atoms with Crippen LogP contribution in [0.5, 0.6) is 0 Å². The van der Waals surface area contributed by atoms with Crippen LogP contribution in [0, 0.1) is 11.3 Å². The molecule has 0 aliphatic rings. The highest BCUT2D eigenvalue weighted by atomic mass is 32.2. The Morgan fingerprint density at radius 3 is 2.44 bits per heavy atom. The molecule has 0 spiro atoms. The third-order valence-corrected chi connectivity index (χ3v) is 5.47. The molecule has 0 heterocycles. The van der Waals surface area contributed by atoms with E-state index in [-0.39, 0.29) is 18.2 Å². The third-order valence-electron chi connectivity index (χ3n) is 2.31. The molecule has 0 aromatic rings. The second kappa shape index (κ2) is 6.99. The molecule has 16 heavy (non-hydrogen) atoms. The van der Waals surface area contributed by atoms with Crippen LogP contribution in [0.1, 0.15) is 26.7 Å². The van der Waals surface area contributed by atoms with Gasteiger partial charge in [-0.25, -0.2) is 13.1 Å². The first-order chi connectivity index (χ1) is 7.35. The quantitative estimate of drug-likeness (QED) is 0.721. The van der Waals surface area contributed by atoms with Crippen LogP contribution in [-0.4, -0.2) is 35.9 Å². The van der Waals surface area contributed by atoms with E-state index in [1.807, 2.05) is 0 Å². The molecule has 0 aliphatic carbocycles. The molecule has 3 unspecified atom stereocenters. The average Bonchev–Trinajstić information content (AvgIpc) is 2.18. The van der Waals surface area contributed by atoms with Crippen molar-refractivity contribution < 1.29 is 12.6 Å². The molecule has 5 nitrogen and oxygen atoms in total. The van der Waals surface area contributed by atoms with Crippen molar-refractivity contribution in [2.24, 2.45) is 0 Å². The van der Waals surface area contributed by atoms with E-state index in [0.717, 1.165) is 0 Å². The lowest BCUT2D eigenvalue weighted by molar-refractivity contribution is 0.569. The van der Waals surface area contributed by atoms with Gasteiger partial charge in [0, 0.05) is 28.9 Å². The molecular weight excluding hydrogens is 248 g/mol. The number of hydrogen-bond donors (Lipinski definition) is 1. The van der Waals surface area contributed by atoms with Crippen LogP contribution < -0.4 is 4.72 Å². The fourth-order valence-electron chi connectivity index (χ4n) is 1.05. The Balaban J connectivity index is 4.22. The Labute approximate surface area is 99.7 Å². The maximum Gasteiger partial charge on any atom is 0.227 e. The summed E-state index contributed by atoms with van der Waals surface area (Å²) >= 11 is 0. The molecule has 0 fully saturated rings. The van der Waals surface area contributed by atoms with Gasteiger partial charge in [0.25, 0.3) is 0 Å². The molecule has 0 bridgehead atoms. The van der Waals surface area contributed by atoms with E-state index in [4.69, 9.17) is 5.26 Å². The van der Waals surface area contributed by atoms with E-state index in [2.05, 4.69) is 4.72 Å². The number of rotatable bonds is 7. The molecule has 7 heteroatoms. The first-order valence-electron chi connectivity index (χ1n) is 5.05. The van der Waals surface area contributed by atoms with Crippen molar-refractivity contribution in [2.45, 2.75) is 37.2 Å². The smallest absolute Gasteiger partial charge is 0.227 e. The van der Waals surface area contributed by atoms with Crippen LogP contribution in [0.15, 0.2) is 0 Å². The normalized spacial score (nSPS) is 17.4. The van der Waals surface area contributed by atoms with Gasteiger partial charge in [-0.15, -0.1) is 0 Å². The number of sulfonamides is 1. The summed E-state index contributed by atoms with van der Waals surface area (Å²) in [6.45, 7) is 3.67. The summed E-state index contributed by atoms with van der Waals surface area (Å²) in [7, 11) is -4.51. The second-order valence-corrected chi connectivity index (χ2v) is 7.31. The van der Waals surface area contributed by atoms with Gasteiger partial charge < -0.3 is 0 Å². The average molecular weight is 266 g/mol. The van der Waals surface area contributed by atoms with Crippen molar-refractivity contribution in [3.05, 3.63) is 0 Å². The minimum Gasteiger partial charge on any atom is -0.260 e. The summed E-state index contributed by atoms with van der Waals surface area (Å²) in [5, 5.41) is 7.58. The molecule has 3 atom stereocenters. The Morgan fingerprint density at radius 1 is 1.50 bits per heavy atom. The summed E-state index contributed by atoms with van der Waals surface area (Å²) in [6, 6.07) is 1.74. The molecule has 0 aliphatic heterocycles. The van der Waals surface area contributed by atoms with Crippen molar-refractivity contribution in [1.29, 1.82) is 5.26 Å².